The Bertz CT molecular complexity index is 522. The fourth-order valence-corrected chi connectivity index (χ4v) is 2.50. The number of carbonyl (C=O) groups excluding carboxylic acids is 2. The Balaban J connectivity index is 2.20. The molecule has 20 heavy (non-hydrogen) atoms. The third kappa shape index (κ3) is 2.24. The van der Waals surface area contributed by atoms with Crippen molar-refractivity contribution >= 4 is 11.9 Å². The van der Waals surface area contributed by atoms with E-state index in [9.17, 15) is 9.59 Å². The zero-order chi connectivity index (χ0) is 14.9. The second-order valence-corrected chi connectivity index (χ2v) is 5.33. The summed E-state index contributed by atoms with van der Waals surface area (Å²) in [6, 6.07) is 7.15. The highest BCUT2D eigenvalue weighted by molar-refractivity contribution is 6.06. The van der Waals surface area contributed by atoms with E-state index in [1.807, 2.05) is 31.2 Å². The molecule has 0 aliphatic carbocycles. The molecule has 0 spiro atoms. The standard InChI is InChI=1S/C15H20N2O3/c1-5-17-14(19)16(13(18)15(17,2)3)10-11-6-8-12(20-4)9-7-11/h6-9H,5,10H2,1-4H3. The molecule has 1 aromatic rings. The van der Waals surface area contributed by atoms with Crippen molar-refractivity contribution in [2.24, 2.45) is 0 Å². The van der Waals surface area contributed by atoms with E-state index in [0.717, 1.165) is 11.3 Å². The first kappa shape index (κ1) is 14.4. The number of hydrogen-bond donors (Lipinski definition) is 0. The van der Waals surface area contributed by atoms with Gasteiger partial charge < -0.3 is 9.64 Å². The Morgan fingerprint density at radius 2 is 1.75 bits per heavy atom. The van der Waals surface area contributed by atoms with Crippen LogP contribution >= 0.6 is 0 Å². The van der Waals surface area contributed by atoms with Crippen LogP contribution in [0.5, 0.6) is 5.75 Å². The van der Waals surface area contributed by atoms with Crippen LogP contribution in [0.4, 0.5) is 4.79 Å². The van der Waals surface area contributed by atoms with E-state index in [0.29, 0.717) is 13.1 Å². The SMILES string of the molecule is CCN1C(=O)N(Cc2ccc(OC)cc2)C(=O)C1(C)C. The molecule has 0 saturated carbocycles. The average molecular weight is 276 g/mol. The number of rotatable bonds is 4. The number of urea groups is 1. The minimum absolute atomic E-state index is 0.153. The molecule has 1 aliphatic heterocycles. The summed E-state index contributed by atoms with van der Waals surface area (Å²) in [5.74, 6) is 0.600. The van der Waals surface area contributed by atoms with E-state index in [-0.39, 0.29) is 11.9 Å². The highest BCUT2D eigenvalue weighted by atomic mass is 16.5. The molecular weight excluding hydrogens is 256 g/mol. The molecule has 5 heteroatoms. The van der Waals surface area contributed by atoms with E-state index in [1.54, 1.807) is 25.9 Å². The molecule has 0 radical (unpaired) electrons. The summed E-state index contributed by atoms with van der Waals surface area (Å²) in [4.78, 5) is 27.6. The second-order valence-electron chi connectivity index (χ2n) is 5.33. The smallest absolute Gasteiger partial charge is 0.327 e. The van der Waals surface area contributed by atoms with E-state index < -0.39 is 5.54 Å². The Morgan fingerprint density at radius 1 is 1.15 bits per heavy atom. The third-order valence-electron chi connectivity index (χ3n) is 3.72. The first-order valence-corrected chi connectivity index (χ1v) is 6.68. The molecule has 0 aromatic heterocycles. The van der Waals surface area contributed by atoms with Gasteiger partial charge in [0.2, 0.25) is 0 Å². The fraction of sp³-hybridized carbons (Fsp3) is 0.467. The lowest BCUT2D eigenvalue weighted by molar-refractivity contribution is -0.132. The van der Waals surface area contributed by atoms with Gasteiger partial charge in [-0.3, -0.25) is 9.69 Å². The van der Waals surface area contributed by atoms with Crippen LogP contribution in [0.3, 0.4) is 0 Å². The molecule has 1 heterocycles. The maximum absolute atomic E-state index is 12.4. The molecular formula is C15H20N2O3. The first-order valence-electron chi connectivity index (χ1n) is 6.68. The number of hydrogen-bond acceptors (Lipinski definition) is 3. The molecule has 1 aromatic carbocycles. The van der Waals surface area contributed by atoms with Crippen LogP contribution in [0.1, 0.15) is 26.3 Å². The minimum Gasteiger partial charge on any atom is -0.497 e. The van der Waals surface area contributed by atoms with Crippen molar-refractivity contribution in [3.8, 4) is 5.75 Å². The molecule has 0 bridgehead atoms. The van der Waals surface area contributed by atoms with Gasteiger partial charge in [-0.05, 0) is 38.5 Å². The molecule has 108 valence electrons. The second kappa shape index (κ2) is 5.15. The van der Waals surface area contributed by atoms with Gasteiger partial charge in [-0.2, -0.15) is 0 Å². The quantitative estimate of drug-likeness (QED) is 0.793. The number of amides is 3. The maximum atomic E-state index is 12.4. The molecule has 0 N–H and O–H groups in total. The van der Waals surface area contributed by atoms with E-state index in [4.69, 9.17) is 4.74 Å². The van der Waals surface area contributed by atoms with Crippen LogP contribution in [0.25, 0.3) is 0 Å². The monoisotopic (exact) mass is 276 g/mol. The summed E-state index contributed by atoms with van der Waals surface area (Å²) in [6.45, 7) is 6.26. The number of nitrogens with zero attached hydrogens (tertiary/aromatic N) is 2. The number of ether oxygens (including phenoxy) is 1. The molecule has 0 unspecified atom stereocenters. The summed E-state index contributed by atoms with van der Waals surface area (Å²) in [6.07, 6.45) is 0. The van der Waals surface area contributed by atoms with Crippen molar-refractivity contribution in [1.29, 1.82) is 0 Å². The van der Waals surface area contributed by atoms with Gasteiger partial charge in [0, 0.05) is 6.54 Å². The molecule has 2 rings (SSSR count). The van der Waals surface area contributed by atoms with Crippen molar-refractivity contribution in [1.82, 2.24) is 9.80 Å². The van der Waals surface area contributed by atoms with Gasteiger partial charge >= 0.3 is 6.03 Å². The predicted octanol–water partition coefficient (Wildman–Crippen LogP) is 2.26. The van der Waals surface area contributed by atoms with Gasteiger partial charge in [-0.1, -0.05) is 12.1 Å². The number of carbonyl (C=O) groups is 2. The van der Waals surface area contributed by atoms with Gasteiger partial charge in [0.25, 0.3) is 5.91 Å². The van der Waals surface area contributed by atoms with Crippen LogP contribution in [0.2, 0.25) is 0 Å². The summed E-state index contributed by atoms with van der Waals surface area (Å²) >= 11 is 0. The maximum Gasteiger partial charge on any atom is 0.327 e. The lowest BCUT2D eigenvalue weighted by Gasteiger charge is -2.25. The Hall–Kier alpha value is -2.04. The van der Waals surface area contributed by atoms with Crippen LogP contribution in [0.15, 0.2) is 24.3 Å². The number of likely N-dealkylation sites (N-methyl/N-ethyl adjacent to an activating group) is 1. The predicted molar refractivity (Wildman–Crippen MR) is 75.4 cm³/mol. The zero-order valence-corrected chi connectivity index (χ0v) is 12.3. The Kier molecular flexibility index (Phi) is 3.70. The van der Waals surface area contributed by atoms with Gasteiger partial charge in [-0.15, -0.1) is 0 Å². The molecule has 5 nitrogen and oxygen atoms in total. The summed E-state index contributed by atoms with van der Waals surface area (Å²) in [5.41, 5.74) is 0.138. The van der Waals surface area contributed by atoms with Gasteiger partial charge in [-0.25, -0.2) is 4.79 Å². The summed E-state index contributed by atoms with van der Waals surface area (Å²) < 4.78 is 5.09. The van der Waals surface area contributed by atoms with Crippen LogP contribution in [-0.4, -0.2) is 40.9 Å². The minimum atomic E-state index is -0.766. The van der Waals surface area contributed by atoms with Crippen molar-refractivity contribution in [2.75, 3.05) is 13.7 Å². The van der Waals surface area contributed by atoms with Crippen LogP contribution < -0.4 is 4.74 Å². The van der Waals surface area contributed by atoms with Crippen molar-refractivity contribution in [2.45, 2.75) is 32.9 Å². The lowest BCUT2D eigenvalue weighted by Crippen LogP contribution is -2.43. The number of methoxy groups -OCH3 is 1. The Morgan fingerprint density at radius 3 is 2.20 bits per heavy atom. The highest BCUT2D eigenvalue weighted by Crippen LogP contribution is 2.28. The van der Waals surface area contributed by atoms with Crippen molar-refractivity contribution < 1.29 is 14.3 Å². The van der Waals surface area contributed by atoms with E-state index in [2.05, 4.69) is 0 Å². The highest BCUT2D eigenvalue weighted by Gasteiger charge is 2.50. The zero-order valence-electron chi connectivity index (χ0n) is 12.3. The van der Waals surface area contributed by atoms with Crippen molar-refractivity contribution in [3.63, 3.8) is 0 Å². The first-order chi connectivity index (χ1) is 9.41. The molecule has 1 fully saturated rings. The molecule has 1 saturated heterocycles. The van der Waals surface area contributed by atoms with Crippen molar-refractivity contribution in [3.05, 3.63) is 29.8 Å². The number of imide groups is 1. The number of benzene rings is 1. The van der Waals surface area contributed by atoms with Gasteiger partial charge in [0.15, 0.2) is 0 Å². The van der Waals surface area contributed by atoms with Gasteiger partial charge in [0.05, 0.1) is 13.7 Å². The van der Waals surface area contributed by atoms with Gasteiger partial charge in [0.1, 0.15) is 11.3 Å². The third-order valence-corrected chi connectivity index (χ3v) is 3.72. The summed E-state index contributed by atoms with van der Waals surface area (Å²) in [7, 11) is 1.60. The largest absolute Gasteiger partial charge is 0.497 e. The van der Waals surface area contributed by atoms with E-state index in [1.165, 1.54) is 4.90 Å². The normalized spacial score (nSPS) is 17.8. The molecule has 0 atom stereocenters. The topological polar surface area (TPSA) is 49.9 Å². The lowest BCUT2D eigenvalue weighted by atomic mass is 10.0. The van der Waals surface area contributed by atoms with Crippen LogP contribution in [0, 0.1) is 0 Å². The molecule has 3 amide bonds. The Labute approximate surface area is 119 Å². The summed E-state index contributed by atoms with van der Waals surface area (Å²) in [5, 5.41) is 0. The van der Waals surface area contributed by atoms with E-state index >= 15 is 0 Å². The fourth-order valence-electron chi connectivity index (χ4n) is 2.50. The average Bonchev–Trinajstić information content (AvgIpc) is 2.59. The molecule has 1 aliphatic rings. The van der Waals surface area contributed by atoms with Crippen LogP contribution in [-0.2, 0) is 11.3 Å².